The molecule has 1 saturated carbocycles. The molecule has 0 N–H and O–H groups in total. The first-order chi connectivity index (χ1) is 11.7. The first-order valence-electron chi connectivity index (χ1n) is 10.4. The molecule has 1 aliphatic heterocycles. The fourth-order valence-electron chi connectivity index (χ4n) is 4.25. The molecule has 3 nitrogen and oxygen atoms in total. The Hall–Kier alpha value is -0.590. The highest BCUT2D eigenvalue weighted by Crippen LogP contribution is 2.44. The lowest BCUT2D eigenvalue weighted by Crippen LogP contribution is -2.40. The molecule has 0 aromatic carbocycles. The first kappa shape index (κ1) is 19.7. The van der Waals surface area contributed by atoms with Gasteiger partial charge in [0, 0.05) is 11.8 Å². The van der Waals surface area contributed by atoms with Crippen molar-refractivity contribution < 1.29 is 9.47 Å². The van der Waals surface area contributed by atoms with Crippen LogP contribution in [0.15, 0.2) is 0 Å². The molecule has 3 heteroatoms. The largest absolute Gasteiger partial charge is 0.352 e. The predicted octanol–water partition coefficient (Wildman–Crippen LogP) is 5.84. The van der Waals surface area contributed by atoms with E-state index in [0.717, 1.165) is 45.3 Å². The van der Waals surface area contributed by atoms with Crippen LogP contribution >= 0.6 is 0 Å². The summed E-state index contributed by atoms with van der Waals surface area (Å²) in [5, 5.41) is 9.61. The summed E-state index contributed by atoms with van der Waals surface area (Å²) in [4.78, 5) is 0. The van der Waals surface area contributed by atoms with Crippen molar-refractivity contribution in [3.63, 3.8) is 0 Å². The zero-order valence-corrected chi connectivity index (χ0v) is 15.9. The summed E-state index contributed by atoms with van der Waals surface area (Å²) in [5.41, 5.74) is -0.0665. The Balaban J connectivity index is 1.67. The van der Waals surface area contributed by atoms with Crippen LogP contribution in [-0.2, 0) is 9.47 Å². The van der Waals surface area contributed by atoms with Crippen molar-refractivity contribution in [1.29, 1.82) is 5.26 Å². The van der Waals surface area contributed by atoms with Crippen LogP contribution in [-0.4, -0.2) is 19.5 Å². The van der Waals surface area contributed by atoms with E-state index in [4.69, 9.17) is 9.47 Å². The molecule has 0 bridgehead atoms. The van der Waals surface area contributed by atoms with Crippen molar-refractivity contribution in [3.05, 3.63) is 0 Å². The molecule has 2 aliphatic rings. The zero-order valence-electron chi connectivity index (χ0n) is 15.9. The lowest BCUT2D eigenvalue weighted by Gasteiger charge is -2.40. The van der Waals surface area contributed by atoms with Gasteiger partial charge in [-0.1, -0.05) is 52.4 Å². The van der Waals surface area contributed by atoms with Gasteiger partial charge in [-0.3, -0.25) is 0 Å². The zero-order chi connectivity index (χ0) is 17.3. The second-order valence-electron chi connectivity index (χ2n) is 8.08. The maximum Gasteiger partial charge on any atom is 0.160 e. The van der Waals surface area contributed by atoms with Gasteiger partial charge < -0.3 is 9.47 Å². The van der Waals surface area contributed by atoms with Crippen molar-refractivity contribution in [2.45, 2.75) is 97.2 Å². The molecule has 24 heavy (non-hydrogen) atoms. The van der Waals surface area contributed by atoms with E-state index >= 15 is 0 Å². The first-order valence-corrected chi connectivity index (χ1v) is 10.4. The maximum absolute atomic E-state index is 9.61. The maximum atomic E-state index is 9.61. The molecule has 1 aliphatic carbocycles. The van der Waals surface area contributed by atoms with Crippen molar-refractivity contribution >= 4 is 0 Å². The van der Waals surface area contributed by atoms with Gasteiger partial charge >= 0.3 is 0 Å². The van der Waals surface area contributed by atoms with E-state index in [2.05, 4.69) is 19.9 Å². The summed E-state index contributed by atoms with van der Waals surface area (Å²) in [7, 11) is 0. The van der Waals surface area contributed by atoms with Crippen LogP contribution in [0, 0.1) is 28.6 Å². The average molecular weight is 336 g/mol. The third-order valence-electron chi connectivity index (χ3n) is 6.08. The third-order valence-corrected chi connectivity index (χ3v) is 6.08. The van der Waals surface area contributed by atoms with E-state index in [1.807, 2.05) is 0 Å². The van der Waals surface area contributed by atoms with Crippen LogP contribution in [0.5, 0.6) is 0 Å². The molecule has 0 amide bonds. The molecule has 2 rings (SSSR count). The lowest BCUT2D eigenvalue weighted by atomic mass is 9.68. The van der Waals surface area contributed by atoms with Crippen LogP contribution < -0.4 is 0 Å². The molecular weight excluding hydrogens is 298 g/mol. The highest BCUT2D eigenvalue weighted by atomic mass is 16.7. The van der Waals surface area contributed by atoms with Gasteiger partial charge in [-0.05, 0) is 38.5 Å². The van der Waals surface area contributed by atoms with E-state index in [9.17, 15) is 5.26 Å². The standard InChI is InChI=1S/C21H37NO2/c1-3-5-7-8-9-18-15-23-20(24-16-18)19-10-13-21(17-22,14-11-19)12-6-4-2/h18-20H,3-16H2,1-2H3. The Morgan fingerprint density at radius 2 is 1.62 bits per heavy atom. The molecule has 0 aromatic heterocycles. The van der Waals surface area contributed by atoms with Crippen LogP contribution in [0.3, 0.4) is 0 Å². The van der Waals surface area contributed by atoms with Gasteiger partial charge in [0.15, 0.2) is 6.29 Å². The quantitative estimate of drug-likeness (QED) is 0.497. The normalized spacial score (nSPS) is 34.0. The number of nitriles is 1. The van der Waals surface area contributed by atoms with Gasteiger partial charge in [-0.25, -0.2) is 0 Å². The molecule has 1 saturated heterocycles. The Labute approximate surface area is 149 Å². The Bertz CT molecular complexity index is 374. The number of hydrogen-bond acceptors (Lipinski definition) is 3. The Morgan fingerprint density at radius 3 is 2.21 bits per heavy atom. The second-order valence-corrected chi connectivity index (χ2v) is 8.08. The predicted molar refractivity (Wildman–Crippen MR) is 97.5 cm³/mol. The van der Waals surface area contributed by atoms with E-state index in [1.165, 1.54) is 44.9 Å². The van der Waals surface area contributed by atoms with Gasteiger partial charge in [0.2, 0.25) is 0 Å². The highest BCUT2D eigenvalue weighted by molar-refractivity contribution is 5.01. The van der Waals surface area contributed by atoms with E-state index < -0.39 is 0 Å². The van der Waals surface area contributed by atoms with Crippen molar-refractivity contribution in [2.75, 3.05) is 13.2 Å². The van der Waals surface area contributed by atoms with Crippen molar-refractivity contribution in [2.24, 2.45) is 17.3 Å². The van der Waals surface area contributed by atoms with Gasteiger partial charge in [-0.2, -0.15) is 5.26 Å². The SMILES string of the molecule is CCCCCCC1COC(C2CCC(C#N)(CCCC)CC2)OC1. The number of ether oxygens (including phenoxy) is 2. The summed E-state index contributed by atoms with van der Waals surface area (Å²) in [5.74, 6) is 1.08. The van der Waals surface area contributed by atoms with Crippen LogP contribution in [0.1, 0.15) is 90.9 Å². The van der Waals surface area contributed by atoms with Gasteiger partial charge in [-0.15, -0.1) is 0 Å². The Morgan fingerprint density at radius 1 is 0.958 bits per heavy atom. The topological polar surface area (TPSA) is 42.2 Å². The summed E-state index contributed by atoms with van der Waals surface area (Å²) < 4.78 is 12.1. The number of rotatable bonds is 9. The van der Waals surface area contributed by atoms with E-state index in [1.54, 1.807) is 0 Å². The van der Waals surface area contributed by atoms with Gasteiger partial charge in [0.05, 0.1) is 24.7 Å². The minimum Gasteiger partial charge on any atom is -0.352 e. The molecule has 0 radical (unpaired) electrons. The molecule has 0 spiro atoms. The lowest BCUT2D eigenvalue weighted by molar-refractivity contribution is -0.231. The van der Waals surface area contributed by atoms with Gasteiger partial charge in [0.1, 0.15) is 0 Å². The number of unbranched alkanes of at least 4 members (excludes halogenated alkanes) is 4. The molecular formula is C21H37NO2. The van der Waals surface area contributed by atoms with Crippen molar-refractivity contribution in [3.8, 4) is 6.07 Å². The fourth-order valence-corrected chi connectivity index (χ4v) is 4.25. The van der Waals surface area contributed by atoms with E-state index in [0.29, 0.717) is 11.8 Å². The summed E-state index contributed by atoms with van der Waals surface area (Å²) in [6.45, 7) is 6.20. The monoisotopic (exact) mass is 335 g/mol. The molecule has 138 valence electrons. The smallest absolute Gasteiger partial charge is 0.160 e. The average Bonchev–Trinajstić information content (AvgIpc) is 2.65. The minimum absolute atomic E-state index is 0.0141. The van der Waals surface area contributed by atoms with Crippen LogP contribution in [0.2, 0.25) is 0 Å². The molecule has 0 aromatic rings. The highest BCUT2D eigenvalue weighted by Gasteiger charge is 2.39. The van der Waals surface area contributed by atoms with Crippen molar-refractivity contribution in [1.82, 2.24) is 0 Å². The summed E-state index contributed by atoms with van der Waals surface area (Å²) in [6.07, 6.45) is 14.2. The minimum atomic E-state index is -0.0665. The van der Waals surface area contributed by atoms with Crippen LogP contribution in [0.25, 0.3) is 0 Å². The molecule has 0 unspecified atom stereocenters. The number of nitrogens with zero attached hydrogens (tertiary/aromatic N) is 1. The molecule has 1 heterocycles. The molecule has 2 fully saturated rings. The second kappa shape index (κ2) is 10.4. The Kier molecular flexibility index (Phi) is 8.56. The fraction of sp³-hybridized carbons (Fsp3) is 0.952. The summed E-state index contributed by atoms with van der Waals surface area (Å²) >= 11 is 0. The van der Waals surface area contributed by atoms with Gasteiger partial charge in [0.25, 0.3) is 0 Å². The number of hydrogen-bond donors (Lipinski definition) is 0. The third kappa shape index (κ3) is 5.74. The van der Waals surface area contributed by atoms with Crippen LogP contribution in [0.4, 0.5) is 0 Å². The van der Waals surface area contributed by atoms with E-state index in [-0.39, 0.29) is 11.7 Å². The summed E-state index contributed by atoms with van der Waals surface area (Å²) in [6, 6.07) is 2.63. The molecule has 0 atom stereocenters.